The molecule has 7 atom stereocenters. The van der Waals surface area contributed by atoms with Crippen LogP contribution in [0.3, 0.4) is 0 Å². The summed E-state index contributed by atoms with van der Waals surface area (Å²) in [5, 5.41) is 5.25. The van der Waals surface area contributed by atoms with E-state index in [-0.39, 0.29) is 34.8 Å². The Hall–Kier alpha value is -3.54. The molecule has 4 amide bonds. The van der Waals surface area contributed by atoms with E-state index in [0.717, 1.165) is 76.1 Å². The molecule has 3 saturated carbocycles. The van der Waals surface area contributed by atoms with Crippen molar-refractivity contribution in [2.45, 2.75) is 133 Å². The van der Waals surface area contributed by atoms with Crippen LogP contribution in [0.5, 0.6) is 5.88 Å². The van der Waals surface area contributed by atoms with Gasteiger partial charge < -0.3 is 0 Å². The third-order valence-corrected chi connectivity index (χ3v) is 17.8. The molecule has 3 N–H and O–H groups in total. The van der Waals surface area contributed by atoms with E-state index in [1.165, 1.54) is 4.90 Å². The molecule has 8 rings (SSSR count). The first kappa shape index (κ1) is 38.3. The van der Waals surface area contributed by atoms with Crippen molar-refractivity contribution in [2.75, 3.05) is 6.54 Å². The number of hydrogen-bond donors (Lipinski definition) is 3. The summed E-state index contributed by atoms with van der Waals surface area (Å²) in [5.74, 6) is -1.28. The van der Waals surface area contributed by atoms with Gasteiger partial charge in [0.2, 0.25) is 0 Å². The molecule has 2 aromatic rings. The molecule has 5 fully saturated rings. The van der Waals surface area contributed by atoms with Gasteiger partial charge in [-0.05, 0) is 19.3 Å². The van der Waals surface area contributed by atoms with Gasteiger partial charge in [-0.15, -0.1) is 0 Å². The van der Waals surface area contributed by atoms with Gasteiger partial charge in [-0.25, -0.2) is 0 Å². The number of fused-ring (bicyclic) bond motifs is 5. The summed E-state index contributed by atoms with van der Waals surface area (Å²) in [6.07, 6.45) is 11.6. The summed E-state index contributed by atoms with van der Waals surface area (Å²) < 4.78 is 38.6. The van der Waals surface area contributed by atoms with Crippen molar-refractivity contribution in [3.05, 3.63) is 42.6 Å². The fraction of sp³-hybridized carbons (Fsp3) is 0.641. The molecule has 16 heteroatoms. The molecule has 6 aliphatic rings. The van der Waals surface area contributed by atoms with Crippen LogP contribution in [0.1, 0.15) is 95.6 Å². The Labute approximate surface area is 332 Å². The van der Waals surface area contributed by atoms with Crippen molar-refractivity contribution in [3.63, 3.8) is 0 Å². The zero-order chi connectivity index (χ0) is 38.3. The van der Waals surface area contributed by atoms with Crippen LogP contribution in [0, 0.1) is 11.8 Å². The number of benzene rings is 1. The number of amides is 4. The second-order valence-electron chi connectivity index (χ2n) is 16.0. The van der Waals surface area contributed by atoms with E-state index in [1.54, 1.807) is 6.08 Å². The van der Waals surface area contributed by atoms with Crippen LogP contribution in [-0.2, 0) is 35.6 Å². The number of nitrogens with zero attached hydrogens (tertiary/aromatic N) is 3. The van der Waals surface area contributed by atoms with Crippen molar-refractivity contribution < 1.29 is 58.3 Å². The van der Waals surface area contributed by atoms with Crippen LogP contribution in [-0.4, -0.2) is 90.7 Å². The number of ether oxygens (including phenoxy) is 2. The molecule has 1 aromatic carbocycles. The molecule has 0 radical (unpaired) electrons. The van der Waals surface area contributed by atoms with Crippen molar-refractivity contribution in [2.24, 2.45) is 11.8 Å². The fourth-order valence-electron chi connectivity index (χ4n) is 8.94. The quantitative estimate of drug-likeness (QED) is 0.154. The number of sulfonamides is 1. The number of para-hydroxylation sites is 2. The van der Waals surface area contributed by atoms with Crippen LogP contribution < -0.4 is 41.3 Å². The van der Waals surface area contributed by atoms with Crippen LogP contribution in [0.2, 0.25) is 0 Å². The maximum atomic E-state index is 14.8. The minimum absolute atomic E-state index is 0.0324. The Morgan fingerprint density at radius 1 is 0.927 bits per heavy atom. The molecular weight excluding hydrogens is 839 g/mol. The molecule has 298 valence electrons. The van der Waals surface area contributed by atoms with Crippen LogP contribution in [0.15, 0.2) is 36.9 Å². The van der Waals surface area contributed by atoms with Gasteiger partial charge >= 0.3 is 302 Å². The maximum absolute atomic E-state index is 14.8. The van der Waals surface area contributed by atoms with Crippen molar-refractivity contribution in [1.29, 1.82) is 0 Å². The number of halogens is 1. The van der Waals surface area contributed by atoms with Gasteiger partial charge in [0, 0.05) is 0 Å². The first-order valence-corrected chi connectivity index (χ1v) is 23.8. The van der Waals surface area contributed by atoms with E-state index in [2.05, 4.69) is 21.9 Å². The molecule has 2 saturated heterocycles. The second-order valence-corrected chi connectivity index (χ2v) is 21.6. The molecule has 2 bridgehead atoms. The van der Waals surface area contributed by atoms with Gasteiger partial charge in [-0.3, -0.25) is 0 Å². The number of hydrogen-bond acceptors (Lipinski definition) is 10. The van der Waals surface area contributed by atoms with E-state index in [1.807, 2.05) is 24.3 Å². The molecule has 14 nitrogen and oxygen atoms in total. The molecular formula is C39H50IN6O8S-. The van der Waals surface area contributed by atoms with Gasteiger partial charge in [-0.1, -0.05) is 12.5 Å². The van der Waals surface area contributed by atoms with E-state index in [0.29, 0.717) is 36.4 Å². The molecule has 3 aliphatic carbocycles. The molecule has 3 aliphatic heterocycles. The number of carbonyl (C=O) groups excluding carboxylic acids is 4. The number of nitrogens with one attached hydrogen (secondary N) is 3. The number of aromatic nitrogens is 2. The Morgan fingerprint density at radius 3 is 2.36 bits per heavy atom. The van der Waals surface area contributed by atoms with E-state index < -0.39 is 82.0 Å². The predicted molar refractivity (Wildman–Crippen MR) is 198 cm³/mol. The van der Waals surface area contributed by atoms with E-state index in [9.17, 15) is 27.6 Å². The zero-order valence-corrected chi connectivity index (χ0v) is 33.9. The Bertz CT molecular complexity index is 1960. The number of aryl methyl sites for hydroxylation is 1. The fourth-order valence-corrected chi connectivity index (χ4v) is 13.1. The van der Waals surface area contributed by atoms with E-state index in [4.69, 9.17) is 19.4 Å². The predicted octanol–water partition coefficient (Wildman–Crippen LogP) is 0.626. The Kier molecular flexibility index (Phi) is 11.0. The summed E-state index contributed by atoms with van der Waals surface area (Å²) in [6, 6.07) is 5.60. The first-order valence-electron chi connectivity index (χ1n) is 19.9. The zero-order valence-electron chi connectivity index (χ0n) is 30.9. The first-order chi connectivity index (χ1) is 26.5. The van der Waals surface area contributed by atoms with Crippen LogP contribution in [0.25, 0.3) is 11.0 Å². The molecule has 0 unspecified atom stereocenters. The van der Waals surface area contributed by atoms with Gasteiger partial charge in [0.05, 0.1) is 0 Å². The molecule has 55 heavy (non-hydrogen) atoms. The van der Waals surface area contributed by atoms with Crippen molar-refractivity contribution in [1.82, 2.24) is 30.2 Å². The van der Waals surface area contributed by atoms with Gasteiger partial charge in [0.15, 0.2) is 0 Å². The topological polar surface area (TPSA) is 186 Å². The summed E-state index contributed by atoms with van der Waals surface area (Å²) in [5.41, 5.74) is 2.14. The average Bonchev–Trinajstić information content (AvgIpc) is 3.95. The molecule has 4 heterocycles. The standard InChI is InChI=1S/C39H50IN6O8S/c1-2-32-39(40-32,37(49)45-55(51,52)26-19-20-26)44-34(47)30-21-25-22-46(30)36(48)33(24-12-6-7-13-24)43-38(50)54-31-18-10-14-23(31)11-4-3-5-17-29-35(53-25)42-28-16-9-8-15-27(28)41-29/h2,8-9,15-16,23-26,30-33H,1,3-7,10-14,17-22H2,(H,43,50)(H,44,47)(H,45,49)/q-1/t23-,25-,30+,31-,32+,33+,39-/m1/s1. The van der Waals surface area contributed by atoms with Gasteiger partial charge in [0.1, 0.15) is 0 Å². The molecule has 1 aromatic heterocycles. The summed E-state index contributed by atoms with van der Waals surface area (Å²) >= 11 is -1.02. The summed E-state index contributed by atoms with van der Waals surface area (Å²) in [7, 11) is -3.87. The number of alkyl halides is 2. The van der Waals surface area contributed by atoms with Crippen molar-refractivity contribution in [3.8, 4) is 5.88 Å². The monoisotopic (exact) mass is 889 g/mol. The third kappa shape index (κ3) is 8.17. The normalized spacial score (nSPS) is 32.0. The Balaban J connectivity index is 1.12. The second kappa shape index (κ2) is 15.8. The minimum atomic E-state index is -3.87. The summed E-state index contributed by atoms with van der Waals surface area (Å²) in [4.78, 5) is 67.8. The number of carbonyl (C=O) groups is 4. The van der Waals surface area contributed by atoms with Crippen molar-refractivity contribution >= 4 is 44.9 Å². The van der Waals surface area contributed by atoms with Crippen LogP contribution in [0.4, 0.5) is 4.79 Å². The van der Waals surface area contributed by atoms with Crippen LogP contribution >= 0.6 is 0 Å². The van der Waals surface area contributed by atoms with E-state index >= 15 is 0 Å². The van der Waals surface area contributed by atoms with Gasteiger partial charge in [-0.2, -0.15) is 0 Å². The Morgan fingerprint density at radius 2 is 1.64 bits per heavy atom. The number of rotatable bonds is 7. The third-order valence-electron chi connectivity index (χ3n) is 12.1. The van der Waals surface area contributed by atoms with Gasteiger partial charge in [0.25, 0.3) is 0 Å². The SMILES string of the molecule is C=C[C@@H]1[I-][C@]1(NC(=O)[C@@H]1C[C@@H]2CN1C(=O)[C@H](C1CCCC1)NC(=O)O[C@@H]1CCC[C@H]1CCCCCc1nc3ccccc3nc1O2)C(=O)NS(=O)(=O)C1CC1. The molecule has 0 spiro atoms. The average molecular weight is 890 g/mol. The summed E-state index contributed by atoms with van der Waals surface area (Å²) in [6.45, 7) is 3.87. The number of alkyl carbamates (subject to hydrolysis) is 1.